The summed E-state index contributed by atoms with van der Waals surface area (Å²) in [5, 5.41) is 10.0. The Hall–Kier alpha value is -2.74. The molecule has 1 aliphatic rings. The van der Waals surface area contributed by atoms with E-state index < -0.39 is 0 Å². The fraction of sp³-hybridized carbons (Fsp3) is 0.200. The molecule has 0 spiro atoms. The maximum absolute atomic E-state index is 12.3. The lowest BCUT2D eigenvalue weighted by molar-refractivity contribution is 0.390. The average Bonchev–Trinajstić information content (AvgIpc) is 2.46. The van der Waals surface area contributed by atoms with Crippen molar-refractivity contribution in [2.75, 3.05) is 0 Å². The number of fused-ring (bicyclic) bond motifs is 3. The molecule has 0 aliphatic carbocycles. The van der Waals surface area contributed by atoms with Crippen LogP contribution in [0.2, 0.25) is 0 Å². The van der Waals surface area contributed by atoms with Crippen LogP contribution >= 0.6 is 0 Å². The van der Waals surface area contributed by atoms with Crippen LogP contribution in [0.1, 0.15) is 24.8 Å². The smallest absolute Gasteiger partial charge is 0.256 e. The Morgan fingerprint density at radius 1 is 1.45 bits per heavy atom. The third-order valence-corrected chi connectivity index (χ3v) is 3.61. The van der Waals surface area contributed by atoms with Gasteiger partial charge in [0.1, 0.15) is 11.8 Å². The highest BCUT2D eigenvalue weighted by molar-refractivity contribution is 5.87. The fourth-order valence-corrected chi connectivity index (χ4v) is 2.68. The van der Waals surface area contributed by atoms with E-state index >= 15 is 0 Å². The number of ether oxygens (including phenoxy) is 1. The monoisotopic (exact) mass is 267 g/mol. The lowest BCUT2D eigenvalue weighted by atomic mass is 9.87. The number of nitrogens with one attached hydrogen (secondary N) is 1. The maximum Gasteiger partial charge on any atom is 0.256 e. The molecule has 0 fully saturated rings. The van der Waals surface area contributed by atoms with E-state index in [-0.39, 0.29) is 17.4 Å². The summed E-state index contributed by atoms with van der Waals surface area (Å²) in [5.41, 5.74) is 7.10. The standard InChI is InChI=1S/C15H13N3O2/c1-2-8-10(7-16)14(17)20-13-9-5-3-4-6-11(9)18-15(19)12(8)13/h3-6,8H,2,17H2,1H3,(H,18,19). The average molecular weight is 267 g/mol. The van der Waals surface area contributed by atoms with E-state index in [1.807, 2.05) is 31.2 Å². The second-order valence-electron chi connectivity index (χ2n) is 4.70. The Balaban J connectivity index is 2.40. The number of hydrogen-bond donors (Lipinski definition) is 2. The van der Waals surface area contributed by atoms with Gasteiger partial charge in [-0.2, -0.15) is 5.26 Å². The summed E-state index contributed by atoms with van der Waals surface area (Å²) in [6, 6.07) is 9.42. The number of nitriles is 1. The molecule has 2 heterocycles. The van der Waals surface area contributed by atoms with Crippen molar-refractivity contribution >= 4 is 10.9 Å². The van der Waals surface area contributed by atoms with E-state index in [2.05, 4.69) is 4.98 Å². The van der Waals surface area contributed by atoms with E-state index in [9.17, 15) is 10.1 Å². The largest absolute Gasteiger partial charge is 0.439 e. The molecule has 1 aliphatic heterocycles. The molecule has 100 valence electrons. The summed E-state index contributed by atoms with van der Waals surface area (Å²) in [5.74, 6) is 0.229. The summed E-state index contributed by atoms with van der Waals surface area (Å²) in [7, 11) is 0. The van der Waals surface area contributed by atoms with Crippen molar-refractivity contribution in [2.45, 2.75) is 19.3 Å². The van der Waals surface area contributed by atoms with Crippen molar-refractivity contribution in [3.8, 4) is 11.8 Å². The number of aromatic amines is 1. The van der Waals surface area contributed by atoms with Crippen molar-refractivity contribution in [1.82, 2.24) is 4.98 Å². The van der Waals surface area contributed by atoms with Gasteiger partial charge in [0, 0.05) is 11.3 Å². The number of aromatic nitrogens is 1. The van der Waals surface area contributed by atoms with Crippen LogP contribution in [-0.4, -0.2) is 4.98 Å². The molecule has 1 aromatic carbocycles. The van der Waals surface area contributed by atoms with Crippen LogP contribution in [0.3, 0.4) is 0 Å². The van der Waals surface area contributed by atoms with Crippen molar-refractivity contribution < 1.29 is 4.74 Å². The molecule has 0 saturated heterocycles. The molecule has 0 saturated carbocycles. The quantitative estimate of drug-likeness (QED) is 0.827. The molecule has 2 aromatic rings. The first-order chi connectivity index (χ1) is 9.67. The minimum atomic E-state index is -0.322. The molecule has 1 unspecified atom stereocenters. The Kier molecular flexibility index (Phi) is 2.72. The normalized spacial score (nSPS) is 17.5. The lowest BCUT2D eigenvalue weighted by Crippen LogP contribution is -2.27. The van der Waals surface area contributed by atoms with E-state index in [4.69, 9.17) is 10.5 Å². The van der Waals surface area contributed by atoms with Gasteiger partial charge in [-0.05, 0) is 18.6 Å². The van der Waals surface area contributed by atoms with Gasteiger partial charge in [-0.15, -0.1) is 0 Å². The van der Waals surface area contributed by atoms with Crippen LogP contribution in [0.4, 0.5) is 0 Å². The topological polar surface area (TPSA) is 91.9 Å². The minimum Gasteiger partial charge on any atom is -0.439 e. The van der Waals surface area contributed by atoms with Crippen LogP contribution in [0, 0.1) is 11.3 Å². The van der Waals surface area contributed by atoms with E-state index in [0.717, 1.165) is 5.39 Å². The first kappa shape index (κ1) is 12.3. The molecule has 5 heteroatoms. The first-order valence-electron chi connectivity index (χ1n) is 6.39. The third kappa shape index (κ3) is 1.58. The molecule has 1 atom stereocenters. The molecule has 5 nitrogen and oxygen atoms in total. The highest BCUT2D eigenvalue weighted by Gasteiger charge is 2.31. The van der Waals surface area contributed by atoms with Gasteiger partial charge < -0.3 is 15.5 Å². The highest BCUT2D eigenvalue weighted by atomic mass is 16.5. The van der Waals surface area contributed by atoms with Crippen molar-refractivity contribution in [3.63, 3.8) is 0 Å². The first-order valence-corrected chi connectivity index (χ1v) is 6.39. The second kappa shape index (κ2) is 4.42. The Morgan fingerprint density at radius 2 is 2.20 bits per heavy atom. The molecular weight excluding hydrogens is 254 g/mol. The van der Waals surface area contributed by atoms with Gasteiger partial charge in [0.15, 0.2) is 0 Å². The predicted octanol–water partition coefficient (Wildman–Crippen LogP) is 2.11. The van der Waals surface area contributed by atoms with Gasteiger partial charge in [-0.25, -0.2) is 0 Å². The highest BCUT2D eigenvalue weighted by Crippen LogP contribution is 2.40. The SMILES string of the molecule is CCC1C(C#N)=C(N)Oc2c1c(=O)[nH]c1ccccc21. The third-order valence-electron chi connectivity index (χ3n) is 3.61. The summed E-state index contributed by atoms with van der Waals surface area (Å²) >= 11 is 0. The van der Waals surface area contributed by atoms with Gasteiger partial charge in [0.05, 0.1) is 16.7 Å². The lowest BCUT2D eigenvalue weighted by Gasteiger charge is -2.25. The van der Waals surface area contributed by atoms with E-state index in [1.54, 1.807) is 6.07 Å². The maximum atomic E-state index is 12.3. The Bertz CT molecular complexity index is 827. The molecule has 0 radical (unpaired) electrons. The number of para-hydroxylation sites is 1. The van der Waals surface area contributed by atoms with Gasteiger partial charge in [0.2, 0.25) is 5.88 Å². The second-order valence-corrected chi connectivity index (χ2v) is 4.70. The van der Waals surface area contributed by atoms with Crippen molar-refractivity contribution in [2.24, 2.45) is 5.73 Å². The van der Waals surface area contributed by atoms with E-state index in [1.165, 1.54) is 0 Å². The molecule has 0 amide bonds. The summed E-state index contributed by atoms with van der Waals surface area (Å²) in [6.45, 7) is 1.92. The summed E-state index contributed by atoms with van der Waals surface area (Å²) in [6.07, 6.45) is 0.612. The number of nitrogens with two attached hydrogens (primary N) is 1. The van der Waals surface area contributed by atoms with Crippen LogP contribution in [-0.2, 0) is 0 Å². The number of allylic oxidation sites excluding steroid dienone is 1. The van der Waals surface area contributed by atoms with E-state index in [0.29, 0.717) is 28.8 Å². The van der Waals surface area contributed by atoms with Crippen molar-refractivity contribution in [3.05, 3.63) is 51.6 Å². The zero-order valence-electron chi connectivity index (χ0n) is 10.9. The molecule has 0 bridgehead atoms. The van der Waals surface area contributed by atoms with Gasteiger partial charge in [-0.1, -0.05) is 19.1 Å². The van der Waals surface area contributed by atoms with Crippen LogP contribution in [0.25, 0.3) is 10.9 Å². The predicted molar refractivity (Wildman–Crippen MR) is 75.1 cm³/mol. The zero-order chi connectivity index (χ0) is 14.3. The number of H-pyrrole nitrogens is 1. The summed E-state index contributed by atoms with van der Waals surface area (Å²) in [4.78, 5) is 15.1. The molecular formula is C15H13N3O2. The molecule has 3 N–H and O–H groups in total. The zero-order valence-corrected chi connectivity index (χ0v) is 10.9. The number of benzene rings is 1. The number of pyridine rings is 1. The Labute approximate surface area is 115 Å². The molecule has 20 heavy (non-hydrogen) atoms. The molecule has 1 aromatic heterocycles. The van der Waals surface area contributed by atoms with Crippen LogP contribution in [0.15, 0.2) is 40.5 Å². The fourth-order valence-electron chi connectivity index (χ4n) is 2.68. The Morgan fingerprint density at radius 3 is 2.90 bits per heavy atom. The van der Waals surface area contributed by atoms with Gasteiger partial charge in [-0.3, -0.25) is 4.79 Å². The van der Waals surface area contributed by atoms with Crippen molar-refractivity contribution in [1.29, 1.82) is 5.26 Å². The number of rotatable bonds is 1. The van der Waals surface area contributed by atoms with Gasteiger partial charge in [0.25, 0.3) is 5.56 Å². The minimum absolute atomic E-state index is 0.0857. The van der Waals surface area contributed by atoms with Crippen LogP contribution < -0.4 is 16.0 Å². The van der Waals surface area contributed by atoms with Crippen LogP contribution in [0.5, 0.6) is 5.75 Å². The van der Waals surface area contributed by atoms with Gasteiger partial charge >= 0.3 is 0 Å². The number of hydrogen-bond acceptors (Lipinski definition) is 4. The molecule has 3 rings (SSSR count). The summed E-state index contributed by atoms with van der Waals surface area (Å²) < 4.78 is 5.58. The number of nitrogens with zero attached hydrogens (tertiary/aromatic N) is 1.